The molecule has 0 bridgehead atoms. The van der Waals surface area contributed by atoms with E-state index in [0.717, 1.165) is 65.9 Å². The SMILES string of the molecule is CN(CC1CCN(c2nc3ccc(Cl)cc3s2)CC1)C(=O)C1CCOC1. The predicted molar refractivity (Wildman–Crippen MR) is 106 cm³/mol. The highest BCUT2D eigenvalue weighted by molar-refractivity contribution is 7.22. The highest BCUT2D eigenvalue weighted by atomic mass is 35.5. The molecule has 1 unspecified atom stereocenters. The van der Waals surface area contributed by atoms with Crippen molar-refractivity contribution in [1.29, 1.82) is 0 Å². The van der Waals surface area contributed by atoms with Crippen molar-refractivity contribution in [3.05, 3.63) is 23.2 Å². The van der Waals surface area contributed by atoms with Gasteiger partial charge >= 0.3 is 0 Å². The van der Waals surface area contributed by atoms with E-state index in [1.54, 1.807) is 11.3 Å². The Hall–Kier alpha value is -1.37. The summed E-state index contributed by atoms with van der Waals surface area (Å²) in [5.41, 5.74) is 1.01. The number of ether oxygens (including phenoxy) is 1. The molecule has 2 aromatic rings. The number of nitrogens with zero attached hydrogens (tertiary/aromatic N) is 3. The molecule has 1 amide bonds. The molecule has 0 saturated carbocycles. The minimum Gasteiger partial charge on any atom is -0.381 e. The van der Waals surface area contributed by atoms with Gasteiger partial charge in [0, 0.05) is 38.3 Å². The number of carbonyl (C=O) groups is 1. The summed E-state index contributed by atoms with van der Waals surface area (Å²) >= 11 is 7.79. The van der Waals surface area contributed by atoms with Crippen LogP contribution in [0.4, 0.5) is 5.13 Å². The lowest BCUT2D eigenvalue weighted by molar-refractivity contribution is -0.134. The second-order valence-electron chi connectivity index (χ2n) is 7.32. The van der Waals surface area contributed by atoms with E-state index in [-0.39, 0.29) is 11.8 Å². The molecule has 26 heavy (non-hydrogen) atoms. The topological polar surface area (TPSA) is 45.7 Å². The van der Waals surface area contributed by atoms with Crippen LogP contribution in [0.15, 0.2) is 18.2 Å². The van der Waals surface area contributed by atoms with Crippen LogP contribution in [0.3, 0.4) is 0 Å². The van der Waals surface area contributed by atoms with Gasteiger partial charge in [-0.05, 0) is 43.4 Å². The Morgan fingerprint density at radius 3 is 2.92 bits per heavy atom. The van der Waals surface area contributed by atoms with Gasteiger partial charge in [-0.15, -0.1) is 0 Å². The van der Waals surface area contributed by atoms with Crippen LogP contribution in [-0.2, 0) is 9.53 Å². The van der Waals surface area contributed by atoms with Crippen LogP contribution in [0.1, 0.15) is 19.3 Å². The number of piperidine rings is 1. The molecule has 4 rings (SSSR count). The summed E-state index contributed by atoms with van der Waals surface area (Å²) in [6.07, 6.45) is 3.05. The van der Waals surface area contributed by atoms with Crippen molar-refractivity contribution in [2.24, 2.45) is 11.8 Å². The zero-order chi connectivity index (χ0) is 18.1. The normalized spacial score (nSPS) is 21.5. The summed E-state index contributed by atoms with van der Waals surface area (Å²) in [6, 6.07) is 5.86. The average Bonchev–Trinajstić information content (AvgIpc) is 3.31. The first-order chi connectivity index (χ1) is 12.6. The molecule has 1 aromatic heterocycles. The lowest BCUT2D eigenvalue weighted by atomic mass is 9.96. The minimum absolute atomic E-state index is 0.0645. The summed E-state index contributed by atoms with van der Waals surface area (Å²) in [6.45, 7) is 4.14. The Kier molecular flexibility index (Phi) is 5.34. The molecule has 0 radical (unpaired) electrons. The Morgan fingerprint density at radius 2 is 2.19 bits per heavy atom. The fraction of sp³-hybridized carbons (Fsp3) is 0.579. The summed E-state index contributed by atoms with van der Waals surface area (Å²) in [5.74, 6) is 0.869. The van der Waals surface area contributed by atoms with Gasteiger partial charge in [-0.2, -0.15) is 0 Å². The number of hydrogen-bond acceptors (Lipinski definition) is 5. The lowest BCUT2D eigenvalue weighted by Crippen LogP contribution is -2.41. The van der Waals surface area contributed by atoms with E-state index in [2.05, 4.69) is 4.90 Å². The quantitative estimate of drug-likeness (QED) is 0.795. The Labute approximate surface area is 162 Å². The molecule has 0 aliphatic carbocycles. The number of benzene rings is 1. The molecular formula is C19H24ClN3O2S. The van der Waals surface area contributed by atoms with E-state index < -0.39 is 0 Å². The Balaban J connectivity index is 1.32. The zero-order valence-electron chi connectivity index (χ0n) is 15.0. The van der Waals surface area contributed by atoms with Crippen LogP contribution >= 0.6 is 22.9 Å². The van der Waals surface area contributed by atoms with Crippen molar-refractivity contribution in [3.8, 4) is 0 Å². The molecule has 2 fully saturated rings. The smallest absolute Gasteiger partial charge is 0.227 e. The number of rotatable bonds is 4. The van der Waals surface area contributed by atoms with Crippen molar-refractivity contribution in [1.82, 2.24) is 9.88 Å². The van der Waals surface area contributed by atoms with Gasteiger partial charge in [0.2, 0.25) is 5.91 Å². The molecule has 2 aliphatic rings. The fourth-order valence-electron chi connectivity index (χ4n) is 3.85. The molecule has 1 atom stereocenters. The fourth-order valence-corrected chi connectivity index (χ4v) is 5.14. The maximum Gasteiger partial charge on any atom is 0.227 e. The molecule has 140 valence electrons. The minimum atomic E-state index is 0.0645. The third-order valence-corrected chi connectivity index (χ3v) is 6.73. The van der Waals surface area contributed by atoms with Crippen molar-refractivity contribution in [3.63, 3.8) is 0 Å². The van der Waals surface area contributed by atoms with Gasteiger partial charge < -0.3 is 14.5 Å². The molecule has 2 saturated heterocycles. The number of carbonyl (C=O) groups excluding carboxylic acids is 1. The molecule has 5 nitrogen and oxygen atoms in total. The zero-order valence-corrected chi connectivity index (χ0v) is 16.6. The largest absolute Gasteiger partial charge is 0.381 e. The van der Waals surface area contributed by atoms with E-state index in [9.17, 15) is 4.79 Å². The lowest BCUT2D eigenvalue weighted by Gasteiger charge is -2.34. The average molecular weight is 394 g/mol. The molecule has 1 aromatic carbocycles. The highest BCUT2D eigenvalue weighted by Gasteiger charge is 2.29. The molecule has 7 heteroatoms. The summed E-state index contributed by atoms with van der Waals surface area (Å²) in [4.78, 5) is 21.5. The van der Waals surface area contributed by atoms with Crippen molar-refractivity contribution in [2.45, 2.75) is 19.3 Å². The number of thiazole rings is 1. The van der Waals surface area contributed by atoms with Crippen LogP contribution in [-0.4, -0.2) is 55.7 Å². The maximum atomic E-state index is 12.4. The summed E-state index contributed by atoms with van der Waals surface area (Å²) < 4.78 is 6.48. The van der Waals surface area contributed by atoms with Crippen molar-refractivity contribution < 1.29 is 9.53 Å². The van der Waals surface area contributed by atoms with Gasteiger partial charge in [-0.25, -0.2) is 4.98 Å². The number of aromatic nitrogens is 1. The number of fused-ring (bicyclic) bond motifs is 1. The monoisotopic (exact) mass is 393 g/mol. The third-order valence-electron chi connectivity index (χ3n) is 5.41. The van der Waals surface area contributed by atoms with E-state index in [4.69, 9.17) is 21.3 Å². The first-order valence-electron chi connectivity index (χ1n) is 9.24. The second kappa shape index (κ2) is 7.71. The summed E-state index contributed by atoms with van der Waals surface area (Å²) in [7, 11) is 1.93. The second-order valence-corrected chi connectivity index (χ2v) is 8.76. The molecule has 2 aliphatic heterocycles. The Bertz CT molecular complexity index is 782. The van der Waals surface area contributed by atoms with E-state index >= 15 is 0 Å². The molecule has 0 N–H and O–H groups in total. The molecule has 0 spiro atoms. The van der Waals surface area contributed by atoms with E-state index in [1.165, 1.54) is 0 Å². The standard InChI is InChI=1S/C19H24ClN3O2S/c1-22(18(24)14-6-9-25-12-14)11-13-4-7-23(8-5-13)19-21-16-3-2-15(20)10-17(16)26-19/h2-3,10,13-14H,4-9,11-12H2,1H3. The molecule has 3 heterocycles. The third kappa shape index (κ3) is 3.82. The van der Waals surface area contributed by atoms with Gasteiger partial charge in [0.1, 0.15) is 0 Å². The van der Waals surface area contributed by atoms with Gasteiger partial charge in [0.05, 0.1) is 22.7 Å². The number of anilines is 1. The first kappa shape index (κ1) is 18.0. The number of hydrogen-bond donors (Lipinski definition) is 0. The van der Waals surface area contributed by atoms with Gasteiger partial charge in [0.25, 0.3) is 0 Å². The van der Waals surface area contributed by atoms with E-state index in [0.29, 0.717) is 12.5 Å². The van der Waals surface area contributed by atoms with Crippen LogP contribution in [0.5, 0.6) is 0 Å². The van der Waals surface area contributed by atoms with E-state index in [1.807, 2.05) is 30.1 Å². The highest BCUT2D eigenvalue weighted by Crippen LogP contribution is 2.33. The predicted octanol–water partition coefficient (Wildman–Crippen LogP) is 3.66. The van der Waals surface area contributed by atoms with Crippen LogP contribution in [0, 0.1) is 11.8 Å². The van der Waals surface area contributed by atoms with Crippen molar-refractivity contribution >= 4 is 44.2 Å². The number of halogens is 1. The van der Waals surface area contributed by atoms with Crippen LogP contribution < -0.4 is 4.90 Å². The summed E-state index contributed by atoms with van der Waals surface area (Å²) in [5, 5.41) is 1.83. The molecular weight excluding hydrogens is 370 g/mol. The van der Waals surface area contributed by atoms with Crippen LogP contribution in [0.2, 0.25) is 5.02 Å². The maximum absolute atomic E-state index is 12.4. The van der Waals surface area contributed by atoms with Crippen molar-refractivity contribution in [2.75, 3.05) is 44.8 Å². The van der Waals surface area contributed by atoms with Gasteiger partial charge in [-0.1, -0.05) is 22.9 Å². The van der Waals surface area contributed by atoms with Gasteiger partial charge in [0.15, 0.2) is 5.13 Å². The number of amides is 1. The Morgan fingerprint density at radius 1 is 1.38 bits per heavy atom. The van der Waals surface area contributed by atoms with Gasteiger partial charge in [-0.3, -0.25) is 4.79 Å². The first-order valence-corrected chi connectivity index (χ1v) is 10.4. The van der Waals surface area contributed by atoms with Crippen LogP contribution in [0.25, 0.3) is 10.2 Å².